The largest absolute Gasteiger partial charge is 0.264 e. The van der Waals surface area contributed by atoms with Gasteiger partial charge in [-0.05, 0) is 45.5 Å². The average Bonchev–Trinajstić information content (AvgIpc) is 2.77. The molecule has 0 amide bonds. The molecular weight excluding hydrogens is 268 g/mol. The molecule has 2 heterocycles. The first-order chi connectivity index (χ1) is 10.6. The van der Waals surface area contributed by atoms with Gasteiger partial charge in [0, 0.05) is 29.9 Å². The molecule has 0 atom stereocenters. The minimum Gasteiger partial charge on any atom is -0.264 e. The zero-order valence-electron chi connectivity index (χ0n) is 13.2. The Bertz CT molecular complexity index is 861. The molecular formula is C20H19N2+. The van der Waals surface area contributed by atoms with E-state index in [4.69, 9.17) is 0 Å². The van der Waals surface area contributed by atoms with Gasteiger partial charge in [0.2, 0.25) is 0 Å². The van der Waals surface area contributed by atoms with Crippen LogP contribution >= 0.6 is 0 Å². The molecule has 1 aliphatic rings. The van der Waals surface area contributed by atoms with E-state index in [-0.39, 0.29) is 5.41 Å². The van der Waals surface area contributed by atoms with Gasteiger partial charge >= 0.3 is 0 Å². The maximum absolute atomic E-state index is 4.32. The Balaban J connectivity index is 1.90. The van der Waals surface area contributed by atoms with E-state index in [0.717, 1.165) is 0 Å². The van der Waals surface area contributed by atoms with E-state index in [1.54, 1.807) is 0 Å². The van der Waals surface area contributed by atoms with Gasteiger partial charge in [-0.2, -0.15) is 0 Å². The van der Waals surface area contributed by atoms with Crippen LogP contribution in [0.5, 0.6) is 0 Å². The Morgan fingerprint density at radius 2 is 1.59 bits per heavy atom. The van der Waals surface area contributed by atoms with Crippen molar-refractivity contribution in [3.63, 3.8) is 0 Å². The van der Waals surface area contributed by atoms with Crippen molar-refractivity contribution in [2.24, 2.45) is 7.05 Å². The van der Waals surface area contributed by atoms with E-state index in [9.17, 15) is 0 Å². The fourth-order valence-corrected chi connectivity index (χ4v) is 3.44. The third kappa shape index (κ3) is 1.80. The van der Waals surface area contributed by atoms with E-state index in [2.05, 4.69) is 72.2 Å². The van der Waals surface area contributed by atoms with Gasteiger partial charge in [-0.3, -0.25) is 4.98 Å². The summed E-state index contributed by atoms with van der Waals surface area (Å²) >= 11 is 0. The van der Waals surface area contributed by atoms with Crippen LogP contribution in [0.2, 0.25) is 0 Å². The molecule has 0 spiro atoms. The minimum atomic E-state index is 0.00832. The van der Waals surface area contributed by atoms with Crippen LogP contribution in [0.25, 0.3) is 22.3 Å². The second-order valence-electron chi connectivity index (χ2n) is 6.56. The van der Waals surface area contributed by atoms with Crippen LogP contribution in [0.3, 0.4) is 0 Å². The van der Waals surface area contributed by atoms with Gasteiger partial charge in [0.1, 0.15) is 7.05 Å². The number of aryl methyl sites for hydroxylation is 1. The van der Waals surface area contributed by atoms with Crippen LogP contribution in [-0.2, 0) is 12.5 Å². The molecule has 0 radical (unpaired) electrons. The summed E-state index contributed by atoms with van der Waals surface area (Å²) < 4.78 is 2.06. The van der Waals surface area contributed by atoms with Crippen LogP contribution in [0, 0.1) is 0 Å². The lowest BCUT2D eigenvalue weighted by atomic mass is 9.82. The molecule has 4 rings (SSSR count). The van der Waals surface area contributed by atoms with Gasteiger partial charge in [-0.15, -0.1) is 0 Å². The molecule has 0 saturated carbocycles. The van der Waals surface area contributed by atoms with Gasteiger partial charge in [0.25, 0.3) is 0 Å². The van der Waals surface area contributed by atoms with Gasteiger partial charge in [-0.1, -0.05) is 26.0 Å². The predicted molar refractivity (Wildman–Crippen MR) is 88.4 cm³/mol. The summed E-state index contributed by atoms with van der Waals surface area (Å²) in [6.07, 6.45) is 8.07. The summed E-state index contributed by atoms with van der Waals surface area (Å²) in [5.41, 5.74) is 7.91. The molecule has 22 heavy (non-hydrogen) atoms. The maximum atomic E-state index is 4.32. The lowest BCUT2D eigenvalue weighted by Crippen LogP contribution is -2.25. The molecule has 0 saturated heterocycles. The number of hydrogen-bond acceptors (Lipinski definition) is 1. The van der Waals surface area contributed by atoms with Gasteiger partial charge in [0.15, 0.2) is 12.4 Å². The molecule has 1 aliphatic carbocycles. The Morgan fingerprint density at radius 3 is 2.36 bits per heavy atom. The van der Waals surface area contributed by atoms with Crippen LogP contribution in [0.15, 0.2) is 61.2 Å². The summed E-state index contributed by atoms with van der Waals surface area (Å²) in [6, 6.07) is 13.3. The molecule has 0 fully saturated rings. The van der Waals surface area contributed by atoms with Crippen molar-refractivity contribution in [1.29, 1.82) is 0 Å². The highest BCUT2D eigenvalue weighted by atomic mass is 14.9. The summed E-state index contributed by atoms with van der Waals surface area (Å²) in [5, 5.41) is 0. The molecule has 0 bridgehead atoms. The Morgan fingerprint density at radius 1 is 0.864 bits per heavy atom. The summed E-state index contributed by atoms with van der Waals surface area (Å²) in [5.74, 6) is 0. The normalized spacial score (nSPS) is 14.5. The van der Waals surface area contributed by atoms with Crippen molar-refractivity contribution in [3.05, 3.63) is 72.3 Å². The Hall–Kier alpha value is -2.48. The third-order valence-electron chi connectivity index (χ3n) is 4.79. The number of pyridine rings is 2. The van der Waals surface area contributed by atoms with Crippen molar-refractivity contribution < 1.29 is 4.57 Å². The minimum absolute atomic E-state index is 0.00832. The smallest absolute Gasteiger partial charge is 0.169 e. The van der Waals surface area contributed by atoms with Crippen molar-refractivity contribution >= 4 is 0 Å². The fourth-order valence-electron chi connectivity index (χ4n) is 3.44. The van der Waals surface area contributed by atoms with Crippen molar-refractivity contribution in [1.82, 2.24) is 4.98 Å². The number of rotatable bonds is 1. The van der Waals surface area contributed by atoms with E-state index in [1.165, 1.54) is 33.4 Å². The first-order valence-electron chi connectivity index (χ1n) is 7.62. The lowest BCUT2D eigenvalue weighted by molar-refractivity contribution is -0.671. The molecule has 3 aromatic rings. The number of nitrogens with zero attached hydrogens (tertiary/aromatic N) is 2. The van der Waals surface area contributed by atoms with Crippen molar-refractivity contribution in [2.75, 3.05) is 0 Å². The third-order valence-corrected chi connectivity index (χ3v) is 4.79. The summed E-state index contributed by atoms with van der Waals surface area (Å²) in [6.45, 7) is 4.57. The first-order valence-corrected chi connectivity index (χ1v) is 7.62. The van der Waals surface area contributed by atoms with Crippen LogP contribution in [0.1, 0.15) is 25.0 Å². The van der Waals surface area contributed by atoms with Crippen molar-refractivity contribution in [2.45, 2.75) is 19.3 Å². The zero-order valence-corrected chi connectivity index (χ0v) is 13.2. The van der Waals surface area contributed by atoms with Gasteiger partial charge < -0.3 is 0 Å². The monoisotopic (exact) mass is 287 g/mol. The van der Waals surface area contributed by atoms with Crippen LogP contribution in [-0.4, -0.2) is 4.98 Å². The van der Waals surface area contributed by atoms with E-state index < -0.39 is 0 Å². The molecule has 2 nitrogen and oxygen atoms in total. The Labute approximate surface area is 131 Å². The summed E-state index contributed by atoms with van der Waals surface area (Å²) in [7, 11) is 2.04. The van der Waals surface area contributed by atoms with E-state index in [1.807, 2.05) is 19.4 Å². The molecule has 2 aromatic heterocycles. The maximum Gasteiger partial charge on any atom is 0.169 e. The fraction of sp³-hybridized carbons (Fsp3) is 0.200. The first kappa shape index (κ1) is 13.2. The number of hydrogen-bond donors (Lipinski definition) is 0. The predicted octanol–water partition coefficient (Wildman–Crippen LogP) is 3.88. The molecule has 108 valence electrons. The summed E-state index contributed by atoms with van der Waals surface area (Å²) in [4.78, 5) is 4.32. The second kappa shape index (κ2) is 4.51. The highest BCUT2D eigenvalue weighted by Gasteiger charge is 2.35. The average molecular weight is 287 g/mol. The van der Waals surface area contributed by atoms with E-state index in [0.29, 0.717) is 0 Å². The lowest BCUT2D eigenvalue weighted by Gasteiger charge is -2.21. The number of aromatic nitrogens is 2. The van der Waals surface area contributed by atoms with E-state index >= 15 is 0 Å². The Kier molecular flexibility index (Phi) is 2.70. The standard InChI is InChI=1S/C20H19N2/c1-20(2)18-12-15(14-7-10-22(3)11-8-14)4-5-16(18)17-6-9-21-13-19(17)20/h4-13H,1-3H3/q+1. The van der Waals surface area contributed by atoms with Crippen molar-refractivity contribution in [3.8, 4) is 22.3 Å². The SMILES string of the molecule is C[n+]1ccc(-c2ccc3c(c2)C(C)(C)c2cnccc2-3)cc1. The topological polar surface area (TPSA) is 16.8 Å². The molecule has 0 aliphatic heterocycles. The van der Waals surface area contributed by atoms with Gasteiger partial charge in [0.05, 0.1) is 0 Å². The highest BCUT2D eigenvalue weighted by molar-refractivity contribution is 5.83. The molecule has 2 heteroatoms. The van der Waals surface area contributed by atoms with Gasteiger partial charge in [-0.25, -0.2) is 4.57 Å². The zero-order chi connectivity index (χ0) is 15.3. The molecule has 1 aromatic carbocycles. The van der Waals surface area contributed by atoms with Crippen LogP contribution < -0.4 is 4.57 Å². The second-order valence-corrected chi connectivity index (χ2v) is 6.56. The molecule has 0 unspecified atom stereocenters. The molecule has 0 N–H and O–H groups in total. The van der Waals surface area contributed by atoms with Crippen LogP contribution in [0.4, 0.5) is 0 Å². The quantitative estimate of drug-likeness (QED) is 0.621. The number of benzene rings is 1. The number of fused-ring (bicyclic) bond motifs is 3. The highest BCUT2D eigenvalue weighted by Crippen LogP contribution is 2.48.